The third-order valence-corrected chi connectivity index (χ3v) is 4.98. The Morgan fingerprint density at radius 2 is 2.12 bits per heavy atom. The van der Waals surface area contributed by atoms with Gasteiger partial charge in [-0.15, -0.1) is 17.6 Å². The molecule has 0 aliphatic carbocycles. The van der Waals surface area contributed by atoms with Crippen LogP contribution in [0.4, 0.5) is 29.5 Å². The maximum absolute atomic E-state index is 13.2. The fourth-order valence-corrected chi connectivity index (χ4v) is 2.93. The summed E-state index contributed by atoms with van der Waals surface area (Å²) in [6.45, 7) is 0.781. The van der Waals surface area contributed by atoms with E-state index in [1.54, 1.807) is 6.07 Å². The van der Waals surface area contributed by atoms with Gasteiger partial charge in [0.2, 0.25) is 0 Å². The van der Waals surface area contributed by atoms with Crippen molar-refractivity contribution in [3.05, 3.63) is 54.0 Å². The zero-order chi connectivity index (χ0) is 24.2. The first-order valence-corrected chi connectivity index (χ1v) is 9.81. The Balaban J connectivity index is 1.95. The molecular weight excluding hydrogens is 461 g/mol. The van der Waals surface area contributed by atoms with Gasteiger partial charge in [0.25, 0.3) is 10.6 Å². The topological polar surface area (TPSA) is 124 Å². The van der Waals surface area contributed by atoms with Crippen molar-refractivity contribution in [3.63, 3.8) is 0 Å². The largest absolute Gasteiger partial charge is 0.447 e. The number of alkyl halides is 3. The van der Waals surface area contributed by atoms with Crippen LogP contribution in [0.15, 0.2) is 42.7 Å². The van der Waals surface area contributed by atoms with Crippen LogP contribution in [-0.4, -0.2) is 47.5 Å². The van der Waals surface area contributed by atoms with E-state index in [2.05, 4.69) is 33.2 Å². The van der Waals surface area contributed by atoms with E-state index < -0.39 is 22.8 Å². The number of halogens is 3. The van der Waals surface area contributed by atoms with Crippen molar-refractivity contribution in [1.82, 2.24) is 9.97 Å². The van der Waals surface area contributed by atoms with Crippen molar-refractivity contribution < 1.29 is 32.4 Å². The van der Waals surface area contributed by atoms with E-state index in [0.717, 1.165) is 10.6 Å². The summed E-state index contributed by atoms with van der Waals surface area (Å²) in [7, 11) is 1.52. The molecule has 13 heteroatoms. The average Bonchev–Trinajstić information content (AvgIpc) is 2.78. The van der Waals surface area contributed by atoms with E-state index in [9.17, 15) is 28.3 Å². The van der Waals surface area contributed by atoms with E-state index in [-0.39, 0.29) is 17.0 Å². The summed E-state index contributed by atoms with van der Waals surface area (Å²) in [6.07, 6.45) is -2.54. The Hall–Kier alpha value is -3.47. The fraction of sp³-hybridized carbons (Fsp3) is 0.250. The molecule has 1 amide bonds. The Morgan fingerprint density at radius 1 is 1.36 bits per heavy atom. The number of amides is 1. The third kappa shape index (κ3) is 5.14. The molecule has 0 fully saturated rings. The molecule has 3 aromatic heterocycles. The van der Waals surface area contributed by atoms with Crippen molar-refractivity contribution in [2.24, 2.45) is 0 Å². The van der Waals surface area contributed by atoms with Crippen LogP contribution in [0.2, 0.25) is 0 Å². The molecule has 3 heterocycles. The number of nitrogens with zero attached hydrogens (tertiary/aromatic N) is 4. The highest BCUT2D eigenvalue weighted by atomic mass is 32.1. The highest BCUT2D eigenvalue weighted by molar-refractivity contribution is 7.81. The summed E-state index contributed by atoms with van der Waals surface area (Å²) in [6, 6.07) is 7.94. The van der Waals surface area contributed by atoms with Gasteiger partial charge in [-0.25, -0.2) is 15.1 Å². The lowest BCUT2D eigenvalue weighted by atomic mass is 10.2. The summed E-state index contributed by atoms with van der Waals surface area (Å²) in [5, 5.41) is 24.9. The van der Waals surface area contributed by atoms with Crippen molar-refractivity contribution in [2.45, 2.75) is 11.1 Å². The van der Waals surface area contributed by atoms with E-state index >= 15 is 0 Å². The van der Waals surface area contributed by atoms with Gasteiger partial charge < -0.3 is 15.2 Å². The highest BCUT2D eigenvalue weighted by Gasteiger charge is 2.55. The number of ether oxygens (including phenoxy) is 1. The third-order valence-electron chi connectivity index (χ3n) is 4.50. The fourth-order valence-electron chi connectivity index (χ4n) is 2.81. The number of anilines is 2. The van der Waals surface area contributed by atoms with Crippen LogP contribution < -0.4 is 15.2 Å². The molecule has 0 aliphatic heterocycles. The zero-order valence-electron chi connectivity index (χ0n) is 17.1. The molecule has 9 nitrogen and oxygen atoms in total. The summed E-state index contributed by atoms with van der Waals surface area (Å²) in [5.74, 6) is 0.0839. The number of nitrogens with one attached hydrogen (secondary N) is 2. The van der Waals surface area contributed by atoms with Crippen LogP contribution in [0.5, 0.6) is 0 Å². The Labute approximate surface area is 191 Å². The quantitative estimate of drug-likeness (QED) is 0.185. The Morgan fingerprint density at radius 3 is 2.79 bits per heavy atom. The molecule has 33 heavy (non-hydrogen) atoms. The van der Waals surface area contributed by atoms with Gasteiger partial charge in [0.1, 0.15) is 6.07 Å². The number of pyridine rings is 3. The van der Waals surface area contributed by atoms with Gasteiger partial charge in [-0.1, -0.05) is 0 Å². The Bertz CT molecular complexity index is 1230. The van der Waals surface area contributed by atoms with Crippen LogP contribution in [0.25, 0.3) is 11.0 Å². The number of methoxy groups -OCH3 is 1. The van der Waals surface area contributed by atoms with Crippen LogP contribution in [0.3, 0.4) is 0 Å². The molecule has 0 bridgehead atoms. The van der Waals surface area contributed by atoms with Crippen LogP contribution in [0.1, 0.15) is 11.3 Å². The summed E-state index contributed by atoms with van der Waals surface area (Å²) < 4.78 is 45.5. The number of rotatable bonds is 6. The summed E-state index contributed by atoms with van der Waals surface area (Å²) >= 11 is 3.32. The molecule has 0 aromatic carbocycles. The maximum Gasteiger partial charge on any atom is 0.447 e. The predicted molar refractivity (Wildman–Crippen MR) is 115 cm³/mol. The molecule has 0 unspecified atom stereocenters. The first-order chi connectivity index (χ1) is 15.6. The number of hydrogen-bond acceptors (Lipinski definition) is 8. The van der Waals surface area contributed by atoms with E-state index in [4.69, 9.17) is 4.74 Å². The number of nitriles is 1. The predicted octanol–water partition coefficient (Wildman–Crippen LogP) is 2.56. The molecule has 3 rings (SSSR count). The lowest BCUT2D eigenvalue weighted by Crippen LogP contribution is -2.47. The monoisotopic (exact) mass is 479 g/mol. The molecule has 0 aliphatic rings. The highest BCUT2D eigenvalue weighted by Crippen LogP contribution is 2.41. The molecule has 0 spiro atoms. The molecule has 172 valence electrons. The van der Waals surface area contributed by atoms with Crippen LogP contribution in [-0.2, 0) is 9.67 Å². The summed E-state index contributed by atoms with van der Waals surface area (Å²) in [4.78, 5) is 17.2. The van der Waals surface area contributed by atoms with Gasteiger partial charge >= 0.3 is 12.2 Å². The number of aliphatic hydroxyl groups is 1. The number of hydrogen-bond donors (Lipinski definition) is 4. The van der Waals surface area contributed by atoms with Crippen molar-refractivity contribution in [3.8, 4) is 6.07 Å². The second kappa shape index (κ2) is 9.57. The van der Waals surface area contributed by atoms with E-state index in [0.29, 0.717) is 24.2 Å². The van der Waals surface area contributed by atoms with E-state index in [1.807, 2.05) is 6.07 Å². The first kappa shape index (κ1) is 24.2. The van der Waals surface area contributed by atoms with Gasteiger partial charge in [-0.3, -0.25) is 0 Å². The number of carbonyl (C=O) groups is 1. The van der Waals surface area contributed by atoms with Gasteiger partial charge in [-0.05, 0) is 24.3 Å². The van der Waals surface area contributed by atoms with Gasteiger partial charge in [-0.2, -0.15) is 23.0 Å². The minimum atomic E-state index is -5.10. The molecule has 1 atom stereocenters. The summed E-state index contributed by atoms with van der Waals surface area (Å²) in [5.41, 5.74) is -0.280. The number of aromatic nitrogens is 3. The second-order valence-electron chi connectivity index (χ2n) is 6.73. The molecule has 3 aromatic rings. The number of fused-ring (bicyclic) bond motifs is 1. The zero-order valence-corrected chi connectivity index (χ0v) is 18.0. The normalized spacial score (nSPS) is 13.2. The minimum absolute atomic E-state index is 0.0839. The standard InChI is InChI=1S/C20H17F3N6O3S/c1-32-8-6-25-14-9-16(26-11-13(14)10-24)28-18(30)29-7-2-3-12-4-5-15(27-17(12)29)19(31,33)20(21,22)23/h2-5,7,9,11,31H,6,8H2,1H3,(H2-,25,26,28,30,33)/p+1/t19-/m0/s1. The SMILES string of the molecule is COCCNc1cc(NC(=O)[n+]2cccc3ccc([C@](O)(S)C(F)(F)F)nc32)ncc1C#N. The molecular formula is C20H18F3N6O3S+. The molecule has 0 radical (unpaired) electrons. The second-order valence-corrected chi connectivity index (χ2v) is 7.38. The lowest BCUT2D eigenvalue weighted by molar-refractivity contribution is -0.541. The molecule has 3 N–H and O–H groups in total. The van der Waals surface area contributed by atoms with Crippen molar-refractivity contribution in [1.29, 1.82) is 5.26 Å². The van der Waals surface area contributed by atoms with Crippen molar-refractivity contribution in [2.75, 3.05) is 30.9 Å². The lowest BCUT2D eigenvalue weighted by Gasteiger charge is -2.22. The van der Waals surface area contributed by atoms with Crippen molar-refractivity contribution >= 4 is 41.2 Å². The van der Waals surface area contributed by atoms with Gasteiger partial charge in [0.05, 0.1) is 35.6 Å². The maximum atomic E-state index is 13.2. The minimum Gasteiger partial charge on any atom is -0.383 e. The smallest absolute Gasteiger partial charge is 0.383 e. The molecule has 0 saturated carbocycles. The molecule has 0 saturated heterocycles. The number of thiol groups is 1. The van der Waals surface area contributed by atoms with Crippen LogP contribution in [0, 0.1) is 11.3 Å². The van der Waals surface area contributed by atoms with Gasteiger partial charge in [0, 0.05) is 19.7 Å². The Kier molecular flexibility index (Phi) is 7.01. The first-order valence-electron chi connectivity index (χ1n) is 9.36. The van der Waals surface area contributed by atoms with E-state index in [1.165, 1.54) is 37.7 Å². The average molecular weight is 479 g/mol. The van der Waals surface area contributed by atoms with Gasteiger partial charge in [0.15, 0.2) is 11.5 Å². The number of carbonyl (C=O) groups excluding carboxylic acids is 1. The van der Waals surface area contributed by atoms with Crippen LogP contribution >= 0.6 is 12.6 Å².